The molecule has 0 unspecified atom stereocenters. The summed E-state index contributed by atoms with van der Waals surface area (Å²) in [4.78, 5) is 15.7. The Morgan fingerprint density at radius 2 is 1.95 bits per heavy atom. The van der Waals surface area contributed by atoms with Crippen molar-refractivity contribution in [3.63, 3.8) is 0 Å². The minimum atomic E-state index is -4.41. The van der Waals surface area contributed by atoms with Gasteiger partial charge < -0.3 is 10.1 Å². The van der Waals surface area contributed by atoms with Crippen molar-refractivity contribution in [1.29, 1.82) is 0 Å². The number of rotatable bonds is 5. The van der Waals surface area contributed by atoms with E-state index in [1.807, 2.05) is 0 Å². The van der Waals surface area contributed by atoms with E-state index in [2.05, 4.69) is 10.3 Å². The molecule has 0 aliphatic carbocycles. The Bertz CT molecular complexity index is 630. The number of carbonyl (C=O) groups is 1. The second-order valence-corrected chi connectivity index (χ2v) is 4.44. The molecule has 2 aromatic rings. The predicted molar refractivity (Wildman–Crippen MR) is 73.4 cm³/mol. The van der Waals surface area contributed by atoms with E-state index in [4.69, 9.17) is 4.74 Å². The molecule has 1 amide bonds. The van der Waals surface area contributed by atoms with Gasteiger partial charge in [0.25, 0.3) is 5.91 Å². The molecule has 0 saturated heterocycles. The third kappa shape index (κ3) is 4.76. The Labute approximate surface area is 124 Å². The summed E-state index contributed by atoms with van der Waals surface area (Å²) < 4.78 is 41.4. The first-order valence-corrected chi connectivity index (χ1v) is 6.41. The topological polar surface area (TPSA) is 51.2 Å². The van der Waals surface area contributed by atoms with E-state index in [0.29, 0.717) is 11.1 Å². The van der Waals surface area contributed by atoms with Crippen LogP contribution in [0.15, 0.2) is 48.8 Å². The summed E-state index contributed by atoms with van der Waals surface area (Å²) in [5.41, 5.74) is 0.834. The molecule has 22 heavy (non-hydrogen) atoms. The van der Waals surface area contributed by atoms with Crippen LogP contribution in [0.1, 0.15) is 15.9 Å². The van der Waals surface area contributed by atoms with E-state index in [0.717, 1.165) is 0 Å². The van der Waals surface area contributed by atoms with Crippen LogP contribution in [0.3, 0.4) is 0 Å². The van der Waals surface area contributed by atoms with Crippen molar-refractivity contribution in [1.82, 2.24) is 10.3 Å². The highest BCUT2D eigenvalue weighted by atomic mass is 19.4. The molecule has 0 fully saturated rings. The van der Waals surface area contributed by atoms with Crippen LogP contribution < -0.4 is 10.1 Å². The highest BCUT2D eigenvalue weighted by molar-refractivity contribution is 5.93. The van der Waals surface area contributed by atoms with Gasteiger partial charge in [0.05, 0.1) is 5.56 Å². The van der Waals surface area contributed by atoms with Crippen molar-refractivity contribution in [2.24, 2.45) is 0 Å². The second-order valence-electron chi connectivity index (χ2n) is 4.44. The number of amides is 1. The van der Waals surface area contributed by atoms with E-state index >= 15 is 0 Å². The van der Waals surface area contributed by atoms with E-state index in [-0.39, 0.29) is 18.2 Å². The number of nitrogens with one attached hydrogen (secondary N) is 1. The Kier molecular flexibility index (Phi) is 4.98. The predicted octanol–water partition coefficient (Wildman–Crippen LogP) is 2.95. The maximum absolute atomic E-state index is 12.2. The number of nitrogens with zero attached hydrogens (tertiary/aromatic N) is 1. The molecule has 0 atom stereocenters. The van der Waals surface area contributed by atoms with Crippen LogP contribution in [-0.4, -0.2) is 23.7 Å². The Morgan fingerprint density at radius 1 is 1.18 bits per heavy atom. The SMILES string of the molecule is O=C(NCc1ccccc1OCC(F)(F)F)c1cccnc1. The zero-order valence-electron chi connectivity index (χ0n) is 11.4. The van der Waals surface area contributed by atoms with Crippen LogP contribution in [0.5, 0.6) is 5.75 Å². The molecule has 4 nitrogen and oxygen atoms in total. The maximum Gasteiger partial charge on any atom is 0.422 e. The average Bonchev–Trinajstić information content (AvgIpc) is 2.51. The summed E-state index contributed by atoms with van der Waals surface area (Å²) >= 11 is 0. The highest BCUT2D eigenvalue weighted by Gasteiger charge is 2.28. The number of halogens is 3. The number of aromatic nitrogens is 1. The van der Waals surface area contributed by atoms with Crippen LogP contribution in [0, 0.1) is 0 Å². The van der Waals surface area contributed by atoms with Crippen molar-refractivity contribution >= 4 is 5.91 Å². The molecule has 2 rings (SSSR count). The number of ether oxygens (including phenoxy) is 1. The summed E-state index contributed by atoms with van der Waals surface area (Å²) in [6.07, 6.45) is -1.47. The van der Waals surface area contributed by atoms with Gasteiger partial charge in [-0.15, -0.1) is 0 Å². The fraction of sp³-hybridized carbons (Fsp3) is 0.200. The first-order chi connectivity index (χ1) is 10.5. The number of hydrogen-bond acceptors (Lipinski definition) is 3. The normalized spacial score (nSPS) is 11.0. The van der Waals surface area contributed by atoms with Gasteiger partial charge in [0, 0.05) is 24.5 Å². The molecule has 1 aromatic heterocycles. The lowest BCUT2D eigenvalue weighted by atomic mass is 10.2. The summed E-state index contributed by atoms with van der Waals surface area (Å²) in [5.74, 6) is -0.273. The Hall–Kier alpha value is -2.57. The average molecular weight is 310 g/mol. The van der Waals surface area contributed by atoms with E-state index in [9.17, 15) is 18.0 Å². The lowest BCUT2D eigenvalue weighted by Gasteiger charge is -2.13. The first-order valence-electron chi connectivity index (χ1n) is 6.41. The first kappa shape index (κ1) is 15.8. The smallest absolute Gasteiger partial charge is 0.422 e. The van der Waals surface area contributed by atoms with Gasteiger partial charge in [0.1, 0.15) is 5.75 Å². The highest BCUT2D eigenvalue weighted by Crippen LogP contribution is 2.22. The fourth-order valence-corrected chi connectivity index (χ4v) is 1.72. The van der Waals surface area contributed by atoms with Crippen LogP contribution in [0.4, 0.5) is 13.2 Å². The van der Waals surface area contributed by atoms with Crippen LogP contribution >= 0.6 is 0 Å². The number of alkyl halides is 3. The zero-order chi connectivity index (χ0) is 16.0. The van der Waals surface area contributed by atoms with Crippen molar-refractivity contribution in [2.45, 2.75) is 12.7 Å². The lowest BCUT2D eigenvalue weighted by Crippen LogP contribution is -2.24. The van der Waals surface area contributed by atoms with Crippen LogP contribution in [0.25, 0.3) is 0 Å². The molecule has 0 aliphatic rings. The van der Waals surface area contributed by atoms with Gasteiger partial charge in [-0.1, -0.05) is 18.2 Å². The third-order valence-corrected chi connectivity index (χ3v) is 2.73. The molecule has 0 bridgehead atoms. The molecule has 0 saturated carbocycles. The molecule has 0 spiro atoms. The minimum absolute atomic E-state index is 0.0573. The van der Waals surface area contributed by atoms with Crippen molar-refractivity contribution < 1.29 is 22.7 Å². The van der Waals surface area contributed by atoms with Gasteiger partial charge in [-0.05, 0) is 18.2 Å². The zero-order valence-corrected chi connectivity index (χ0v) is 11.4. The molecular weight excluding hydrogens is 297 g/mol. The van der Waals surface area contributed by atoms with Gasteiger partial charge in [-0.2, -0.15) is 13.2 Å². The monoisotopic (exact) mass is 310 g/mol. The second kappa shape index (κ2) is 6.93. The van der Waals surface area contributed by atoms with Gasteiger partial charge in [-0.25, -0.2) is 0 Å². The minimum Gasteiger partial charge on any atom is -0.484 e. The Morgan fingerprint density at radius 3 is 2.64 bits per heavy atom. The molecule has 7 heteroatoms. The summed E-state index contributed by atoms with van der Waals surface area (Å²) in [7, 11) is 0. The number of para-hydroxylation sites is 1. The van der Waals surface area contributed by atoms with Crippen molar-refractivity contribution in [3.05, 3.63) is 59.9 Å². The Balaban J connectivity index is 1.99. The third-order valence-electron chi connectivity index (χ3n) is 2.73. The lowest BCUT2D eigenvalue weighted by molar-refractivity contribution is -0.153. The number of benzene rings is 1. The van der Waals surface area contributed by atoms with E-state index in [1.54, 1.807) is 30.3 Å². The van der Waals surface area contributed by atoms with Crippen molar-refractivity contribution in [2.75, 3.05) is 6.61 Å². The molecule has 1 N–H and O–H groups in total. The van der Waals surface area contributed by atoms with E-state index < -0.39 is 12.8 Å². The van der Waals surface area contributed by atoms with Gasteiger partial charge >= 0.3 is 6.18 Å². The molecule has 1 aromatic carbocycles. The molecule has 0 radical (unpaired) electrons. The molecule has 0 aliphatic heterocycles. The van der Waals surface area contributed by atoms with E-state index in [1.165, 1.54) is 18.5 Å². The summed E-state index contributed by atoms with van der Waals surface area (Å²) in [6.45, 7) is -1.32. The van der Waals surface area contributed by atoms with Gasteiger partial charge in [-0.3, -0.25) is 9.78 Å². The maximum atomic E-state index is 12.2. The summed E-state index contributed by atoms with van der Waals surface area (Å²) in [6, 6.07) is 9.46. The largest absolute Gasteiger partial charge is 0.484 e. The number of hydrogen-bond donors (Lipinski definition) is 1. The molecule has 116 valence electrons. The quantitative estimate of drug-likeness (QED) is 0.924. The van der Waals surface area contributed by atoms with Gasteiger partial charge in [0.2, 0.25) is 0 Å². The standard InChI is InChI=1S/C15H13F3N2O2/c16-15(17,18)10-22-13-6-2-1-4-11(13)9-20-14(21)12-5-3-7-19-8-12/h1-8H,9-10H2,(H,20,21). The number of pyridine rings is 1. The summed E-state index contributed by atoms with van der Waals surface area (Å²) in [5, 5.41) is 2.61. The van der Waals surface area contributed by atoms with Crippen molar-refractivity contribution in [3.8, 4) is 5.75 Å². The fourth-order valence-electron chi connectivity index (χ4n) is 1.72. The van der Waals surface area contributed by atoms with Crippen LogP contribution in [-0.2, 0) is 6.54 Å². The molecule has 1 heterocycles. The van der Waals surface area contributed by atoms with Gasteiger partial charge in [0.15, 0.2) is 6.61 Å². The van der Waals surface area contributed by atoms with Crippen LogP contribution in [0.2, 0.25) is 0 Å². The number of carbonyl (C=O) groups excluding carboxylic acids is 1. The molecular formula is C15H13F3N2O2.